The fraction of sp³-hybridized carbons (Fsp3) is 0.917. The number of hydrogen-bond donors (Lipinski definition) is 1. The van der Waals surface area contributed by atoms with Gasteiger partial charge in [0, 0.05) is 32.0 Å². The molecule has 2 fully saturated rings. The maximum atomic E-state index is 11.4. The second-order valence-corrected chi connectivity index (χ2v) is 5.32. The minimum atomic E-state index is -0.477. The Kier molecular flexibility index (Phi) is 3.12. The van der Waals surface area contributed by atoms with Crippen LogP contribution in [0.2, 0.25) is 0 Å². The SMILES string of the molecule is CC1(O)CCN(C2CCCC(=O)C2)CC1. The van der Waals surface area contributed by atoms with Gasteiger partial charge in [0.15, 0.2) is 0 Å². The number of piperidine rings is 1. The van der Waals surface area contributed by atoms with Gasteiger partial charge in [-0.3, -0.25) is 9.69 Å². The van der Waals surface area contributed by atoms with Crippen molar-refractivity contribution < 1.29 is 9.90 Å². The van der Waals surface area contributed by atoms with Crippen molar-refractivity contribution in [3.63, 3.8) is 0 Å². The number of rotatable bonds is 1. The summed E-state index contributed by atoms with van der Waals surface area (Å²) in [5.74, 6) is 0.420. The summed E-state index contributed by atoms with van der Waals surface area (Å²) >= 11 is 0. The van der Waals surface area contributed by atoms with Gasteiger partial charge in [0.2, 0.25) is 0 Å². The van der Waals surface area contributed by atoms with Crippen molar-refractivity contribution in [1.82, 2.24) is 4.90 Å². The molecule has 1 saturated carbocycles. The molecular formula is C12H21NO2. The van der Waals surface area contributed by atoms with E-state index in [-0.39, 0.29) is 0 Å². The molecule has 1 aliphatic heterocycles. The van der Waals surface area contributed by atoms with E-state index in [4.69, 9.17) is 0 Å². The van der Waals surface area contributed by atoms with Gasteiger partial charge in [-0.1, -0.05) is 0 Å². The van der Waals surface area contributed by atoms with Crippen LogP contribution in [0.25, 0.3) is 0 Å². The Morgan fingerprint density at radius 1 is 1.40 bits per heavy atom. The summed E-state index contributed by atoms with van der Waals surface area (Å²) in [5.41, 5.74) is -0.477. The molecule has 1 saturated heterocycles. The van der Waals surface area contributed by atoms with E-state index in [0.29, 0.717) is 11.8 Å². The Hall–Kier alpha value is -0.410. The molecule has 1 N–H and O–H groups in total. The summed E-state index contributed by atoms with van der Waals surface area (Å²) in [6, 6.07) is 0.461. The molecule has 1 aliphatic carbocycles. The largest absolute Gasteiger partial charge is 0.390 e. The lowest BCUT2D eigenvalue weighted by molar-refractivity contribution is -0.122. The molecule has 0 aromatic carbocycles. The van der Waals surface area contributed by atoms with E-state index >= 15 is 0 Å². The molecule has 1 atom stereocenters. The fourth-order valence-corrected chi connectivity index (χ4v) is 2.68. The van der Waals surface area contributed by atoms with Gasteiger partial charge in [0.1, 0.15) is 5.78 Å². The van der Waals surface area contributed by atoms with Gasteiger partial charge in [-0.15, -0.1) is 0 Å². The van der Waals surface area contributed by atoms with Crippen LogP contribution in [0.5, 0.6) is 0 Å². The molecule has 3 nitrogen and oxygen atoms in total. The van der Waals surface area contributed by atoms with Crippen LogP contribution in [0.4, 0.5) is 0 Å². The molecule has 0 radical (unpaired) electrons. The Labute approximate surface area is 91.5 Å². The smallest absolute Gasteiger partial charge is 0.134 e. The molecule has 1 unspecified atom stereocenters. The fourth-order valence-electron chi connectivity index (χ4n) is 2.68. The first-order chi connectivity index (χ1) is 7.07. The van der Waals surface area contributed by atoms with Crippen LogP contribution >= 0.6 is 0 Å². The molecule has 15 heavy (non-hydrogen) atoms. The maximum absolute atomic E-state index is 11.4. The van der Waals surface area contributed by atoms with Gasteiger partial charge >= 0.3 is 0 Å². The van der Waals surface area contributed by atoms with Crippen LogP contribution in [0.15, 0.2) is 0 Å². The number of carbonyl (C=O) groups excluding carboxylic acids is 1. The minimum Gasteiger partial charge on any atom is -0.390 e. The highest BCUT2D eigenvalue weighted by atomic mass is 16.3. The number of nitrogens with zero attached hydrogens (tertiary/aromatic N) is 1. The van der Waals surface area contributed by atoms with Gasteiger partial charge in [-0.05, 0) is 32.6 Å². The van der Waals surface area contributed by atoms with E-state index in [1.165, 1.54) is 0 Å². The van der Waals surface area contributed by atoms with Crippen LogP contribution in [0.1, 0.15) is 45.4 Å². The van der Waals surface area contributed by atoms with Crippen molar-refractivity contribution in [2.24, 2.45) is 0 Å². The average molecular weight is 211 g/mol. The summed E-state index contributed by atoms with van der Waals surface area (Å²) in [4.78, 5) is 13.8. The summed E-state index contributed by atoms with van der Waals surface area (Å²) in [6.07, 6.45) is 5.42. The molecule has 0 aromatic rings. The second-order valence-electron chi connectivity index (χ2n) is 5.32. The Bertz CT molecular complexity index is 240. The van der Waals surface area contributed by atoms with Gasteiger partial charge in [0.05, 0.1) is 5.60 Å². The van der Waals surface area contributed by atoms with Crippen LogP contribution < -0.4 is 0 Å². The molecule has 3 heteroatoms. The summed E-state index contributed by atoms with van der Waals surface area (Å²) < 4.78 is 0. The second kappa shape index (κ2) is 4.22. The molecule has 1 heterocycles. The van der Waals surface area contributed by atoms with Gasteiger partial charge in [-0.2, -0.15) is 0 Å². The number of aliphatic hydroxyl groups is 1. The van der Waals surface area contributed by atoms with Gasteiger partial charge < -0.3 is 5.11 Å². The van der Waals surface area contributed by atoms with Crippen LogP contribution in [-0.4, -0.2) is 40.5 Å². The molecule has 2 rings (SSSR count). The van der Waals surface area contributed by atoms with Crippen LogP contribution in [0, 0.1) is 0 Å². The third-order valence-electron chi connectivity index (χ3n) is 3.85. The maximum Gasteiger partial charge on any atom is 0.134 e. The normalized spacial score (nSPS) is 32.9. The first kappa shape index (κ1) is 11.1. The minimum absolute atomic E-state index is 0.420. The van der Waals surface area contributed by atoms with E-state index in [0.717, 1.165) is 51.6 Å². The van der Waals surface area contributed by atoms with E-state index < -0.39 is 5.60 Å². The van der Waals surface area contributed by atoms with Crippen LogP contribution in [0.3, 0.4) is 0 Å². The first-order valence-electron chi connectivity index (χ1n) is 6.05. The predicted octanol–water partition coefficient (Wildman–Crippen LogP) is 1.34. The molecule has 0 amide bonds. The lowest BCUT2D eigenvalue weighted by Gasteiger charge is -2.41. The highest BCUT2D eigenvalue weighted by Crippen LogP contribution is 2.27. The summed E-state index contributed by atoms with van der Waals surface area (Å²) in [7, 11) is 0. The lowest BCUT2D eigenvalue weighted by Crippen LogP contribution is -2.48. The zero-order valence-corrected chi connectivity index (χ0v) is 9.54. The molecule has 0 bridgehead atoms. The summed E-state index contributed by atoms with van der Waals surface area (Å²) in [5, 5.41) is 9.85. The van der Waals surface area contributed by atoms with Crippen molar-refractivity contribution in [3.05, 3.63) is 0 Å². The number of hydrogen-bond acceptors (Lipinski definition) is 3. The quantitative estimate of drug-likeness (QED) is 0.711. The van der Waals surface area contributed by atoms with Crippen molar-refractivity contribution >= 4 is 5.78 Å². The zero-order valence-electron chi connectivity index (χ0n) is 9.54. The number of carbonyl (C=O) groups is 1. The number of likely N-dealkylation sites (tertiary alicyclic amines) is 1. The number of Topliss-reactive ketones (excluding diaryl/α,β-unsaturated/α-hetero) is 1. The Morgan fingerprint density at radius 3 is 2.67 bits per heavy atom. The van der Waals surface area contributed by atoms with E-state index in [1.807, 2.05) is 6.92 Å². The van der Waals surface area contributed by atoms with Crippen molar-refractivity contribution in [3.8, 4) is 0 Å². The van der Waals surface area contributed by atoms with Crippen molar-refractivity contribution in [2.45, 2.75) is 57.1 Å². The molecular weight excluding hydrogens is 190 g/mol. The molecule has 2 aliphatic rings. The standard InChI is InChI=1S/C12H21NO2/c1-12(15)5-7-13(8-6-12)10-3-2-4-11(14)9-10/h10,15H,2-9H2,1H3. The molecule has 0 aromatic heterocycles. The monoisotopic (exact) mass is 211 g/mol. The molecule has 0 spiro atoms. The topological polar surface area (TPSA) is 40.5 Å². The highest BCUT2D eigenvalue weighted by Gasteiger charge is 2.32. The van der Waals surface area contributed by atoms with Crippen molar-refractivity contribution in [2.75, 3.05) is 13.1 Å². The third kappa shape index (κ3) is 2.79. The Balaban J connectivity index is 1.87. The van der Waals surface area contributed by atoms with Gasteiger partial charge in [0.25, 0.3) is 0 Å². The van der Waals surface area contributed by atoms with E-state index in [2.05, 4.69) is 4.90 Å². The highest BCUT2D eigenvalue weighted by molar-refractivity contribution is 5.79. The summed E-state index contributed by atoms with van der Waals surface area (Å²) in [6.45, 7) is 3.81. The average Bonchev–Trinajstić information content (AvgIpc) is 2.17. The van der Waals surface area contributed by atoms with E-state index in [1.54, 1.807) is 0 Å². The zero-order chi connectivity index (χ0) is 10.9. The predicted molar refractivity (Wildman–Crippen MR) is 58.7 cm³/mol. The first-order valence-corrected chi connectivity index (χ1v) is 6.05. The van der Waals surface area contributed by atoms with Crippen LogP contribution in [-0.2, 0) is 4.79 Å². The molecule has 86 valence electrons. The van der Waals surface area contributed by atoms with Crippen molar-refractivity contribution in [1.29, 1.82) is 0 Å². The van der Waals surface area contributed by atoms with E-state index in [9.17, 15) is 9.90 Å². The number of ketones is 1. The Morgan fingerprint density at radius 2 is 2.07 bits per heavy atom. The lowest BCUT2D eigenvalue weighted by atomic mass is 9.88. The van der Waals surface area contributed by atoms with Gasteiger partial charge in [-0.25, -0.2) is 0 Å². The third-order valence-corrected chi connectivity index (χ3v) is 3.85.